The first kappa shape index (κ1) is 17.9. The fourth-order valence-electron chi connectivity index (χ4n) is 4.54. The maximum atomic E-state index is 14.9. The molecule has 6 heteroatoms. The van der Waals surface area contributed by atoms with Crippen molar-refractivity contribution in [3.8, 4) is 11.1 Å². The van der Waals surface area contributed by atoms with E-state index in [0.717, 1.165) is 16.6 Å². The minimum Gasteiger partial charge on any atom is -0.507 e. The van der Waals surface area contributed by atoms with Crippen LogP contribution in [0, 0.1) is 5.82 Å². The van der Waals surface area contributed by atoms with Gasteiger partial charge in [-0.15, -0.1) is 0 Å². The van der Waals surface area contributed by atoms with Gasteiger partial charge >= 0.3 is 0 Å². The maximum absolute atomic E-state index is 14.9. The van der Waals surface area contributed by atoms with Crippen molar-refractivity contribution < 1.29 is 9.50 Å². The Morgan fingerprint density at radius 3 is 2.83 bits per heavy atom. The molecule has 2 aromatic heterocycles. The van der Waals surface area contributed by atoms with Gasteiger partial charge in [0.15, 0.2) is 0 Å². The molecule has 2 heterocycles. The second kappa shape index (κ2) is 7.03. The summed E-state index contributed by atoms with van der Waals surface area (Å²) in [4.78, 5) is 12.0. The summed E-state index contributed by atoms with van der Waals surface area (Å²) in [7, 11) is 0. The van der Waals surface area contributed by atoms with Crippen LogP contribution in [-0.4, -0.2) is 24.6 Å². The van der Waals surface area contributed by atoms with Crippen molar-refractivity contribution in [3.05, 3.63) is 54.4 Å². The second-order valence-electron chi connectivity index (χ2n) is 7.73. The third-order valence-corrected chi connectivity index (χ3v) is 6.04. The topological polar surface area (TPSA) is 66.7 Å². The minimum atomic E-state index is -0.486. The molecule has 2 aromatic carbocycles. The van der Waals surface area contributed by atoms with E-state index in [1.165, 1.54) is 50.6 Å². The average molecular weight is 390 g/mol. The van der Waals surface area contributed by atoms with Gasteiger partial charge in [-0.3, -0.25) is 0 Å². The fourth-order valence-corrected chi connectivity index (χ4v) is 4.54. The van der Waals surface area contributed by atoms with Gasteiger partial charge in [0.2, 0.25) is 0 Å². The van der Waals surface area contributed by atoms with Crippen LogP contribution in [0.1, 0.15) is 50.6 Å². The smallest absolute Gasteiger partial charge is 0.137 e. The largest absolute Gasteiger partial charge is 0.507 e. The first-order chi connectivity index (χ1) is 14.2. The normalized spacial score (nSPS) is 16.1. The Morgan fingerprint density at radius 1 is 1.21 bits per heavy atom. The van der Waals surface area contributed by atoms with Crippen LogP contribution in [0.5, 0.6) is 0 Å². The summed E-state index contributed by atoms with van der Waals surface area (Å²) in [6.45, 7) is 1.67. The number of allylic oxidation sites excluding steroid dienone is 1. The number of aromatic nitrogens is 4. The lowest BCUT2D eigenvalue weighted by molar-refractivity contribution is 0.359. The van der Waals surface area contributed by atoms with Gasteiger partial charge in [0.1, 0.15) is 11.6 Å². The van der Waals surface area contributed by atoms with Gasteiger partial charge in [0.05, 0.1) is 40.3 Å². The summed E-state index contributed by atoms with van der Waals surface area (Å²) in [6, 6.07) is 8.02. The number of nitrogens with one attached hydrogen (secondary N) is 1. The number of aromatic amines is 1. The van der Waals surface area contributed by atoms with Gasteiger partial charge in [0, 0.05) is 11.6 Å². The summed E-state index contributed by atoms with van der Waals surface area (Å²) in [5, 5.41) is 10.1. The monoisotopic (exact) mass is 390 g/mol. The van der Waals surface area contributed by atoms with E-state index in [-0.39, 0.29) is 11.3 Å². The average Bonchev–Trinajstić information content (AvgIpc) is 3.40. The predicted molar refractivity (Wildman–Crippen MR) is 113 cm³/mol. The van der Waals surface area contributed by atoms with Crippen LogP contribution >= 0.6 is 0 Å². The zero-order chi connectivity index (χ0) is 20.0. The highest BCUT2D eigenvalue weighted by Crippen LogP contribution is 2.36. The third-order valence-electron chi connectivity index (χ3n) is 6.04. The summed E-state index contributed by atoms with van der Waals surface area (Å²) in [5.74, 6) is -0.592. The van der Waals surface area contributed by atoms with Crippen molar-refractivity contribution >= 4 is 27.8 Å². The number of aliphatic hydroxyl groups excluding tert-OH is 1. The van der Waals surface area contributed by atoms with Gasteiger partial charge in [-0.1, -0.05) is 25.3 Å². The van der Waals surface area contributed by atoms with Gasteiger partial charge in [-0.05, 0) is 49.6 Å². The number of H-pyrrole nitrogens is 1. The molecule has 0 saturated heterocycles. The first-order valence-corrected chi connectivity index (χ1v) is 10.2. The van der Waals surface area contributed by atoms with Crippen LogP contribution in [0.15, 0.2) is 43.0 Å². The molecule has 5 rings (SSSR count). The van der Waals surface area contributed by atoms with Crippen LogP contribution < -0.4 is 0 Å². The van der Waals surface area contributed by atoms with Crippen molar-refractivity contribution in [2.45, 2.75) is 45.1 Å². The van der Waals surface area contributed by atoms with Crippen molar-refractivity contribution in [3.63, 3.8) is 0 Å². The maximum Gasteiger partial charge on any atom is 0.137 e. The Balaban J connectivity index is 1.63. The Labute approximate surface area is 167 Å². The van der Waals surface area contributed by atoms with Gasteiger partial charge in [-0.25, -0.2) is 14.4 Å². The van der Waals surface area contributed by atoms with Crippen molar-refractivity contribution in [1.82, 2.24) is 19.5 Å². The van der Waals surface area contributed by atoms with E-state index >= 15 is 0 Å². The number of aliphatic hydroxyl groups is 1. The summed E-state index contributed by atoms with van der Waals surface area (Å²) >= 11 is 0. The molecule has 0 spiro atoms. The zero-order valence-corrected chi connectivity index (χ0v) is 16.3. The van der Waals surface area contributed by atoms with Crippen molar-refractivity contribution in [2.75, 3.05) is 0 Å². The molecule has 1 saturated carbocycles. The zero-order valence-electron chi connectivity index (χ0n) is 16.3. The molecule has 148 valence electrons. The number of imidazole rings is 2. The van der Waals surface area contributed by atoms with E-state index in [1.54, 1.807) is 6.92 Å². The molecule has 0 aliphatic heterocycles. The van der Waals surface area contributed by atoms with E-state index in [0.29, 0.717) is 22.6 Å². The molecular weight excluding hydrogens is 367 g/mol. The fraction of sp³-hybridized carbons (Fsp3) is 0.304. The lowest BCUT2D eigenvalue weighted by Crippen LogP contribution is -2.11. The van der Waals surface area contributed by atoms with Crippen molar-refractivity contribution in [2.24, 2.45) is 0 Å². The molecule has 1 aliphatic carbocycles. The molecule has 0 unspecified atom stereocenters. The first-order valence-electron chi connectivity index (χ1n) is 10.2. The predicted octanol–water partition coefficient (Wildman–Crippen LogP) is 6.14. The van der Waals surface area contributed by atoms with Crippen LogP contribution in [0.25, 0.3) is 39.0 Å². The van der Waals surface area contributed by atoms with Gasteiger partial charge in [0.25, 0.3) is 0 Å². The molecule has 4 aromatic rings. The highest BCUT2D eigenvalue weighted by Gasteiger charge is 2.20. The van der Waals surface area contributed by atoms with E-state index in [1.807, 2.05) is 18.5 Å². The lowest BCUT2D eigenvalue weighted by Gasteiger charge is -2.23. The molecule has 2 N–H and O–H groups in total. The molecule has 0 bridgehead atoms. The molecular formula is C23H23FN4O. The Hall–Kier alpha value is -3.15. The minimum absolute atomic E-state index is 0.107. The summed E-state index contributed by atoms with van der Waals surface area (Å²) in [6.07, 6.45) is 11.2. The number of halogens is 1. The molecule has 29 heavy (non-hydrogen) atoms. The van der Waals surface area contributed by atoms with Crippen molar-refractivity contribution in [1.29, 1.82) is 0 Å². The quantitative estimate of drug-likeness (QED) is 0.413. The SMILES string of the molecule is C/C=C(\O)c1c(F)cc(-c2ccc3c(c2)ncn3C2CCCCC2)c2nc[nH]c12. The Kier molecular flexibility index (Phi) is 4.34. The second-order valence-corrected chi connectivity index (χ2v) is 7.73. The Morgan fingerprint density at radius 2 is 2.03 bits per heavy atom. The number of hydrogen-bond donors (Lipinski definition) is 2. The molecule has 5 nitrogen and oxygen atoms in total. The molecule has 0 radical (unpaired) electrons. The number of hydrogen-bond acceptors (Lipinski definition) is 3. The van der Waals surface area contributed by atoms with E-state index in [4.69, 9.17) is 0 Å². The van der Waals surface area contributed by atoms with Crippen LogP contribution in [-0.2, 0) is 0 Å². The molecule has 0 amide bonds. The van der Waals surface area contributed by atoms with Gasteiger partial charge in [-0.2, -0.15) is 0 Å². The van der Waals surface area contributed by atoms with E-state index in [2.05, 4.69) is 25.6 Å². The molecule has 0 atom stereocenters. The van der Waals surface area contributed by atoms with Crippen LogP contribution in [0.4, 0.5) is 4.39 Å². The molecule has 1 fully saturated rings. The summed E-state index contributed by atoms with van der Waals surface area (Å²) < 4.78 is 17.2. The Bertz CT molecular complexity index is 1230. The van der Waals surface area contributed by atoms with Crippen LogP contribution in [0.3, 0.4) is 0 Å². The molecule has 1 aliphatic rings. The standard InChI is InChI=1S/C23H23FN4O/c1-2-20(29)21-17(24)11-16(22-23(21)26-12-25-22)14-8-9-19-18(10-14)27-13-28(19)15-6-4-3-5-7-15/h2,8-13,15,29H,3-7H2,1H3,(H,25,26)/b20-2-. The summed E-state index contributed by atoms with van der Waals surface area (Å²) in [5.41, 5.74) is 4.81. The highest BCUT2D eigenvalue weighted by atomic mass is 19.1. The van der Waals surface area contributed by atoms with E-state index < -0.39 is 5.82 Å². The highest BCUT2D eigenvalue weighted by molar-refractivity contribution is 5.99. The van der Waals surface area contributed by atoms with Crippen LogP contribution in [0.2, 0.25) is 0 Å². The van der Waals surface area contributed by atoms with E-state index in [9.17, 15) is 9.50 Å². The third kappa shape index (κ3) is 2.90. The lowest BCUT2D eigenvalue weighted by atomic mass is 9.95. The number of rotatable bonds is 3. The number of nitrogens with zero attached hydrogens (tertiary/aromatic N) is 3. The number of fused-ring (bicyclic) bond motifs is 2. The number of benzene rings is 2. The van der Waals surface area contributed by atoms with Gasteiger partial charge < -0.3 is 14.7 Å².